The molecule has 1 aliphatic carbocycles. The van der Waals surface area contributed by atoms with Gasteiger partial charge in [0.2, 0.25) is 0 Å². The zero-order chi connectivity index (χ0) is 14.8. The average molecular weight is 349 g/mol. The number of para-hydroxylation sites is 1. The Bertz CT molecular complexity index is 1110. The van der Waals surface area contributed by atoms with E-state index in [0.717, 1.165) is 43.1 Å². The summed E-state index contributed by atoms with van der Waals surface area (Å²) in [5.41, 5.74) is 4.94. The summed E-state index contributed by atoms with van der Waals surface area (Å²) in [6.45, 7) is 0. The Hall–Kier alpha value is -2.39. The lowest BCUT2D eigenvalue weighted by molar-refractivity contribution is 0.104. The molecule has 104 valence electrons. The number of hydrogen-bond acceptors (Lipinski definition) is 2. The van der Waals surface area contributed by atoms with Gasteiger partial charge in [-0.15, -0.1) is 0 Å². The fourth-order valence-corrected chi connectivity index (χ4v) is 3.97. The Kier molecular flexibility index (Phi) is 2.26. The number of ketones is 1. The number of carbonyl (C=O) groups excluding carboxylic acids is 1. The predicted octanol–water partition coefficient (Wildman–Crippen LogP) is 5.56. The first-order valence-electron chi connectivity index (χ1n) is 7.03. The van der Waals surface area contributed by atoms with E-state index in [-0.39, 0.29) is 5.78 Å². The van der Waals surface area contributed by atoms with Gasteiger partial charge in [0.05, 0.1) is 0 Å². The van der Waals surface area contributed by atoms with Crippen LogP contribution in [0.5, 0.6) is 0 Å². The number of rotatable bonds is 0. The van der Waals surface area contributed by atoms with E-state index in [0.29, 0.717) is 5.56 Å². The molecule has 0 radical (unpaired) electrons. The molecule has 1 aliphatic rings. The molecule has 0 saturated carbocycles. The maximum atomic E-state index is 12.6. The van der Waals surface area contributed by atoms with Gasteiger partial charge in [-0.1, -0.05) is 42.5 Å². The molecule has 0 bridgehead atoms. The van der Waals surface area contributed by atoms with E-state index in [9.17, 15) is 4.79 Å². The SMILES string of the molecule is O=C1c2ccccc2-c2c1cc(Br)c1c2oc2ccccc21. The molecule has 22 heavy (non-hydrogen) atoms. The highest BCUT2D eigenvalue weighted by atomic mass is 79.9. The molecule has 0 atom stereocenters. The summed E-state index contributed by atoms with van der Waals surface area (Å²) in [4.78, 5) is 12.6. The van der Waals surface area contributed by atoms with Gasteiger partial charge in [0.15, 0.2) is 5.78 Å². The molecule has 3 heteroatoms. The standard InChI is InChI=1S/C19H9BrO2/c20-14-9-13-16(10-5-1-2-6-11(10)18(13)21)19-17(14)12-7-3-4-8-15(12)22-19/h1-9H. The molecule has 5 rings (SSSR count). The third-order valence-electron chi connectivity index (χ3n) is 4.29. The Morgan fingerprint density at radius 3 is 2.45 bits per heavy atom. The van der Waals surface area contributed by atoms with Crippen LogP contribution in [-0.4, -0.2) is 5.78 Å². The monoisotopic (exact) mass is 348 g/mol. The Labute approximate surface area is 134 Å². The van der Waals surface area contributed by atoms with Gasteiger partial charge < -0.3 is 4.42 Å². The zero-order valence-corrected chi connectivity index (χ0v) is 13.0. The Morgan fingerprint density at radius 1 is 0.864 bits per heavy atom. The lowest BCUT2D eigenvalue weighted by Gasteiger charge is -2.02. The summed E-state index contributed by atoms with van der Waals surface area (Å²) in [5, 5.41) is 2.09. The molecule has 2 nitrogen and oxygen atoms in total. The van der Waals surface area contributed by atoms with Crippen molar-refractivity contribution in [3.63, 3.8) is 0 Å². The maximum absolute atomic E-state index is 12.6. The fourth-order valence-electron chi connectivity index (χ4n) is 3.34. The van der Waals surface area contributed by atoms with Crippen LogP contribution < -0.4 is 0 Å². The van der Waals surface area contributed by atoms with Crippen molar-refractivity contribution in [1.82, 2.24) is 0 Å². The van der Waals surface area contributed by atoms with Gasteiger partial charge in [-0.25, -0.2) is 0 Å². The van der Waals surface area contributed by atoms with Crippen LogP contribution in [0.3, 0.4) is 0 Å². The normalized spacial score (nSPS) is 12.9. The lowest BCUT2D eigenvalue weighted by Crippen LogP contribution is -1.94. The van der Waals surface area contributed by atoms with Crippen molar-refractivity contribution < 1.29 is 9.21 Å². The Balaban J connectivity index is 2.06. The molecule has 0 fully saturated rings. The summed E-state index contributed by atoms with van der Waals surface area (Å²) < 4.78 is 6.99. The summed E-state index contributed by atoms with van der Waals surface area (Å²) in [5.74, 6) is 0.0636. The molecule has 1 heterocycles. The maximum Gasteiger partial charge on any atom is 0.194 e. The number of halogens is 1. The molecule has 3 aromatic carbocycles. The molecule has 0 amide bonds. The van der Waals surface area contributed by atoms with E-state index >= 15 is 0 Å². The number of carbonyl (C=O) groups is 1. The van der Waals surface area contributed by atoms with Gasteiger partial charge in [0, 0.05) is 31.9 Å². The van der Waals surface area contributed by atoms with Crippen LogP contribution in [-0.2, 0) is 0 Å². The zero-order valence-electron chi connectivity index (χ0n) is 11.4. The first-order valence-corrected chi connectivity index (χ1v) is 7.83. The van der Waals surface area contributed by atoms with E-state index in [1.54, 1.807) is 0 Å². The average Bonchev–Trinajstić information content (AvgIpc) is 3.05. The van der Waals surface area contributed by atoms with E-state index in [2.05, 4.69) is 15.9 Å². The highest BCUT2D eigenvalue weighted by Gasteiger charge is 2.31. The van der Waals surface area contributed by atoms with Crippen molar-refractivity contribution in [3.8, 4) is 11.1 Å². The van der Waals surface area contributed by atoms with Gasteiger partial charge in [0.1, 0.15) is 11.2 Å². The van der Waals surface area contributed by atoms with E-state index in [4.69, 9.17) is 4.42 Å². The van der Waals surface area contributed by atoms with Crippen molar-refractivity contribution in [2.75, 3.05) is 0 Å². The molecule has 4 aromatic rings. The van der Waals surface area contributed by atoms with Crippen LogP contribution in [0.15, 0.2) is 63.5 Å². The first kappa shape index (κ1) is 12.2. The third-order valence-corrected chi connectivity index (χ3v) is 4.91. The summed E-state index contributed by atoms with van der Waals surface area (Å²) in [6.07, 6.45) is 0. The topological polar surface area (TPSA) is 30.2 Å². The third kappa shape index (κ3) is 1.37. The summed E-state index contributed by atoms with van der Waals surface area (Å²) in [7, 11) is 0. The molecule has 0 aliphatic heterocycles. The van der Waals surface area contributed by atoms with Gasteiger partial charge >= 0.3 is 0 Å². The molecular formula is C19H9BrO2. The number of fused-ring (bicyclic) bond motifs is 7. The van der Waals surface area contributed by atoms with Gasteiger partial charge in [0.25, 0.3) is 0 Å². The second-order valence-electron chi connectivity index (χ2n) is 5.46. The van der Waals surface area contributed by atoms with Crippen LogP contribution in [0.1, 0.15) is 15.9 Å². The lowest BCUT2D eigenvalue weighted by atomic mass is 10.0. The quantitative estimate of drug-likeness (QED) is 0.366. The van der Waals surface area contributed by atoms with E-state index < -0.39 is 0 Å². The number of hydrogen-bond donors (Lipinski definition) is 0. The smallest absolute Gasteiger partial charge is 0.194 e. The summed E-state index contributed by atoms with van der Waals surface area (Å²) in [6, 6.07) is 17.6. The highest BCUT2D eigenvalue weighted by molar-refractivity contribution is 9.10. The largest absolute Gasteiger partial charge is 0.455 e. The molecular weight excluding hydrogens is 340 g/mol. The number of furan rings is 1. The van der Waals surface area contributed by atoms with Crippen LogP contribution >= 0.6 is 15.9 Å². The van der Waals surface area contributed by atoms with Crippen molar-refractivity contribution in [2.24, 2.45) is 0 Å². The van der Waals surface area contributed by atoms with Gasteiger partial charge in [-0.05, 0) is 33.6 Å². The van der Waals surface area contributed by atoms with Crippen LogP contribution in [0.25, 0.3) is 33.1 Å². The molecule has 0 saturated heterocycles. The fraction of sp³-hybridized carbons (Fsp3) is 0. The minimum atomic E-state index is 0.0636. The van der Waals surface area contributed by atoms with Gasteiger partial charge in [-0.2, -0.15) is 0 Å². The highest BCUT2D eigenvalue weighted by Crippen LogP contribution is 2.46. The van der Waals surface area contributed by atoms with Crippen molar-refractivity contribution >= 4 is 43.7 Å². The second kappa shape index (κ2) is 4.08. The molecule has 0 N–H and O–H groups in total. The van der Waals surface area contributed by atoms with E-state index in [1.807, 2.05) is 54.6 Å². The predicted molar refractivity (Wildman–Crippen MR) is 90.3 cm³/mol. The summed E-state index contributed by atoms with van der Waals surface area (Å²) >= 11 is 3.61. The minimum absolute atomic E-state index is 0.0636. The molecule has 1 aromatic heterocycles. The Morgan fingerprint density at radius 2 is 1.59 bits per heavy atom. The van der Waals surface area contributed by atoms with Crippen LogP contribution in [0.2, 0.25) is 0 Å². The minimum Gasteiger partial charge on any atom is -0.455 e. The van der Waals surface area contributed by atoms with Crippen LogP contribution in [0.4, 0.5) is 0 Å². The first-order chi connectivity index (χ1) is 10.8. The molecule has 0 unspecified atom stereocenters. The van der Waals surface area contributed by atoms with Crippen molar-refractivity contribution in [1.29, 1.82) is 0 Å². The molecule has 0 spiro atoms. The van der Waals surface area contributed by atoms with E-state index in [1.165, 1.54) is 0 Å². The van der Waals surface area contributed by atoms with Crippen molar-refractivity contribution in [3.05, 3.63) is 70.2 Å². The van der Waals surface area contributed by atoms with Crippen LogP contribution in [0, 0.1) is 0 Å². The number of benzene rings is 3. The van der Waals surface area contributed by atoms with Gasteiger partial charge in [-0.3, -0.25) is 4.79 Å². The second-order valence-corrected chi connectivity index (χ2v) is 6.31. The van der Waals surface area contributed by atoms with Crippen molar-refractivity contribution in [2.45, 2.75) is 0 Å².